The number of likely N-dealkylation sites (tertiary alicyclic amines) is 1. The maximum absolute atomic E-state index is 13.0. The zero-order valence-electron chi connectivity index (χ0n) is 15.8. The van der Waals surface area contributed by atoms with Gasteiger partial charge in [-0.15, -0.1) is 0 Å². The van der Waals surface area contributed by atoms with Crippen LogP contribution in [0.25, 0.3) is 11.1 Å². The van der Waals surface area contributed by atoms with Gasteiger partial charge in [0, 0.05) is 32.2 Å². The molecule has 0 saturated carbocycles. The number of nitrogens with zero attached hydrogens (tertiary/aromatic N) is 3. The van der Waals surface area contributed by atoms with E-state index in [-0.39, 0.29) is 22.9 Å². The Labute approximate surface area is 163 Å². The summed E-state index contributed by atoms with van der Waals surface area (Å²) in [6.07, 6.45) is 5.73. The molecule has 0 atom stereocenters. The highest BCUT2D eigenvalue weighted by atomic mass is 32.2. The predicted molar refractivity (Wildman–Crippen MR) is 104 cm³/mol. The number of benzene rings is 1. The van der Waals surface area contributed by atoms with Crippen LogP contribution in [0.5, 0.6) is 0 Å². The van der Waals surface area contributed by atoms with Crippen molar-refractivity contribution in [1.29, 1.82) is 0 Å². The molecule has 2 saturated heterocycles. The van der Waals surface area contributed by atoms with E-state index in [0.717, 1.165) is 38.5 Å². The molecule has 2 aliphatic heterocycles. The van der Waals surface area contributed by atoms with Crippen molar-refractivity contribution in [3.05, 3.63) is 28.7 Å². The first-order chi connectivity index (χ1) is 13.5. The standard InChI is InChI=1S/C19H25N3O5S/c23-18(20-9-5-6-10-20)14-22-16-8-7-15(13-17(16)27-19(22)24)28(25,26)21-11-3-1-2-4-12-21/h7-8,13H,1-6,9-12,14H2. The Hall–Kier alpha value is -2.13. The van der Waals surface area contributed by atoms with Gasteiger partial charge in [-0.1, -0.05) is 12.8 Å². The van der Waals surface area contributed by atoms with E-state index < -0.39 is 15.8 Å². The SMILES string of the molecule is O=C(Cn1c(=O)oc2cc(S(=O)(=O)N3CCCCCC3)ccc21)N1CCCC1. The lowest BCUT2D eigenvalue weighted by Gasteiger charge is -2.19. The molecule has 1 amide bonds. The van der Waals surface area contributed by atoms with Gasteiger partial charge in [-0.05, 0) is 37.8 Å². The number of rotatable bonds is 4. The summed E-state index contributed by atoms with van der Waals surface area (Å²) < 4.78 is 34.0. The van der Waals surface area contributed by atoms with Crippen LogP contribution in [0.2, 0.25) is 0 Å². The Morgan fingerprint density at radius 2 is 1.61 bits per heavy atom. The third-order valence-electron chi connectivity index (χ3n) is 5.59. The van der Waals surface area contributed by atoms with Gasteiger partial charge in [0.05, 0.1) is 10.4 Å². The number of hydrogen-bond acceptors (Lipinski definition) is 5. The molecule has 4 rings (SSSR count). The second-order valence-corrected chi connectivity index (χ2v) is 9.43. The molecule has 9 heteroatoms. The number of fused-ring (bicyclic) bond motifs is 1. The van der Waals surface area contributed by atoms with E-state index in [2.05, 4.69) is 0 Å². The van der Waals surface area contributed by atoms with Gasteiger partial charge in [0.1, 0.15) is 6.54 Å². The van der Waals surface area contributed by atoms with E-state index >= 15 is 0 Å². The van der Waals surface area contributed by atoms with Gasteiger partial charge in [-0.25, -0.2) is 13.2 Å². The fourth-order valence-corrected chi connectivity index (χ4v) is 5.52. The Balaban J connectivity index is 1.63. The van der Waals surface area contributed by atoms with Crippen LogP contribution >= 0.6 is 0 Å². The summed E-state index contributed by atoms with van der Waals surface area (Å²) >= 11 is 0. The number of sulfonamides is 1. The smallest absolute Gasteiger partial charge is 0.408 e. The third kappa shape index (κ3) is 3.60. The van der Waals surface area contributed by atoms with Crippen LogP contribution in [-0.2, 0) is 21.4 Å². The minimum atomic E-state index is -3.63. The Kier molecular flexibility index (Phi) is 5.29. The van der Waals surface area contributed by atoms with Crippen molar-refractivity contribution in [3.8, 4) is 0 Å². The first-order valence-electron chi connectivity index (χ1n) is 9.88. The molecule has 0 bridgehead atoms. The van der Waals surface area contributed by atoms with Crippen molar-refractivity contribution in [2.24, 2.45) is 0 Å². The average Bonchev–Trinajstić information content (AvgIpc) is 3.21. The predicted octanol–water partition coefficient (Wildman–Crippen LogP) is 1.78. The topological polar surface area (TPSA) is 92.8 Å². The van der Waals surface area contributed by atoms with Crippen LogP contribution < -0.4 is 5.76 Å². The van der Waals surface area contributed by atoms with Crippen molar-refractivity contribution in [3.63, 3.8) is 0 Å². The quantitative estimate of drug-likeness (QED) is 0.770. The molecule has 0 spiro atoms. The van der Waals surface area contributed by atoms with Gasteiger partial charge in [0.2, 0.25) is 15.9 Å². The molecule has 152 valence electrons. The van der Waals surface area contributed by atoms with Crippen molar-refractivity contribution >= 4 is 27.0 Å². The molecule has 0 aliphatic carbocycles. The second kappa shape index (κ2) is 7.71. The highest BCUT2D eigenvalue weighted by Gasteiger charge is 2.27. The van der Waals surface area contributed by atoms with Gasteiger partial charge in [-0.3, -0.25) is 9.36 Å². The molecular formula is C19H25N3O5S. The lowest BCUT2D eigenvalue weighted by atomic mass is 10.2. The van der Waals surface area contributed by atoms with Gasteiger partial charge in [-0.2, -0.15) is 4.31 Å². The normalized spacial score (nSPS) is 19.2. The van der Waals surface area contributed by atoms with Crippen molar-refractivity contribution in [2.45, 2.75) is 50.0 Å². The summed E-state index contributed by atoms with van der Waals surface area (Å²) in [6.45, 7) is 2.35. The molecule has 2 aromatic rings. The number of hydrogen-bond donors (Lipinski definition) is 0. The van der Waals surface area contributed by atoms with Gasteiger partial charge in [0.15, 0.2) is 5.58 Å². The van der Waals surface area contributed by atoms with Crippen LogP contribution in [-0.4, -0.2) is 54.3 Å². The van der Waals surface area contributed by atoms with E-state index in [1.165, 1.54) is 21.0 Å². The summed E-state index contributed by atoms with van der Waals surface area (Å²) in [5.74, 6) is -0.768. The third-order valence-corrected chi connectivity index (χ3v) is 7.49. The van der Waals surface area contributed by atoms with Crippen molar-refractivity contribution < 1.29 is 17.6 Å². The number of carbonyl (C=O) groups excluding carboxylic acids is 1. The molecule has 0 unspecified atom stereocenters. The lowest BCUT2D eigenvalue weighted by Crippen LogP contribution is -2.33. The first-order valence-corrected chi connectivity index (χ1v) is 11.3. The average molecular weight is 407 g/mol. The van der Waals surface area contributed by atoms with Crippen LogP contribution in [0.4, 0.5) is 0 Å². The van der Waals surface area contributed by atoms with Crippen LogP contribution in [0, 0.1) is 0 Å². The molecule has 28 heavy (non-hydrogen) atoms. The summed E-state index contributed by atoms with van der Waals surface area (Å²) in [7, 11) is -3.63. The largest absolute Gasteiger partial charge is 0.420 e. The van der Waals surface area contributed by atoms with Crippen LogP contribution in [0.3, 0.4) is 0 Å². The summed E-state index contributed by atoms with van der Waals surface area (Å²) in [6, 6.07) is 4.45. The monoisotopic (exact) mass is 407 g/mol. The molecule has 3 heterocycles. The van der Waals surface area contributed by atoms with Crippen LogP contribution in [0.1, 0.15) is 38.5 Å². The highest BCUT2D eigenvalue weighted by Crippen LogP contribution is 2.24. The van der Waals surface area contributed by atoms with E-state index in [1.807, 2.05) is 0 Å². The van der Waals surface area contributed by atoms with E-state index in [0.29, 0.717) is 31.7 Å². The zero-order chi connectivity index (χ0) is 19.7. The van der Waals surface area contributed by atoms with Crippen molar-refractivity contribution in [1.82, 2.24) is 13.8 Å². The van der Waals surface area contributed by atoms with E-state index in [9.17, 15) is 18.0 Å². The number of carbonyl (C=O) groups is 1. The lowest BCUT2D eigenvalue weighted by molar-refractivity contribution is -0.130. The molecule has 2 aliphatic rings. The van der Waals surface area contributed by atoms with E-state index in [4.69, 9.17) is 4.42 Å². The number of aromatic nitrogens is 1. The maximum Gasteiger partial charge on any atom is 0.420 e. The first kappa shape index (κ1) is 19.2. The van der Waals surface area contributed by atoms with Crippen molar-refractivity contribution in [2.75, 3.05) is 26.2 Å². The summed E-state index contributed by atoms with van der Waals surface area (Å²) in [4.78, 5) is 26.5. The van der Waals surface area contributed by atoms with E-state index in [1.54, 1.807) is 11.0 Å². The Morgan fingerprint density at radius 3 is 2.29 bits per heavy atom. The van der Waals surface area contributed by atoms with Crippen LogP contribution in [0.15, 0.2) is 32.3 Å². The van der Waals surface area contributed by atoms with Gasteiger partial charge >= 0.3 is 5.76 Å². The molecule has 1 aromatic carbocycles. The molecule has 8 nitrogen and oxygen atoms in total. The summed E-state index contributed by atoms with van der Waals surface area (Å²) in [5, 5.41) is 0. The fraction of sp³-hybridized carbons (Fsp3) is 0.579. The number of oxazole rings is 1. The van der Waals surface area contributed by atoms with Gasteiger partial charge < -0.3 is 9.32 Å². The minimum absolute atomic E-state index is 0.0932. The maximum atomic E-state index is 13.0. The minimum Gasteiger partial charge on any atom is -0.408 e. The number of amides is 1. The fourth-order valence-electron chi connectivity index (χ4n) is 3.99. The highest BCUT2D eigenvalue weighted by molar-refractivity contribution is 7.89. The Morgan fingerprint density at radius 1 is 0.964 bits per heavy atom. The molecular weight excluding hydrogens is 382 g/mol. The Bertz CT molecular complexity index is 1030. The zero-order valence-corrected chi connectivity index (χ0v) is 16.6. The molecule has 0 radical (unpaired) electrons. The summed E-state index contributed by atoms with van der Waals surface area (Å²) in [5.41, 5.74) is 0.627. The van der Waals surface area contributed by atoms with Gasteiger partial charge in [0.25, 0.3) is 0 Å². The second-order valence-electron chi connectivity index (χ2n) is 7.49. The molecule has 0 N–H and O–H groups in total. The molecule has 2 fully saturated rings. The molecule has 1 aromatic heterocycles.